The van der Waals surface area contributed by atoms with Crippen molar-refractivity contribution in [2.45, 2.75) is 26.4 Å². The largest absolute Gasteiger partial charge is 0.147 e. The Balaban J connectivity index is 0.00000180. The van der Waals surface area contributed by atoms with E-state index >= 15 is 0 Å². The summed E-state index contributed by atoms with van der Waals surface area (Å²) in [6, 6.07) is 8.53. The Labute approximate surface area is 147 Å². The SMILES string of the molecule is CCOc1ccccc1[Si](C)(C)C1=[C]([Ti])CC=C1.Cl.Cl. The fraction of sp³-hybridized carbons (Fsp3) is 0.333. The summed E-state index contributed by atoms with van der Waals surface area (Å²) in [4.78, 5) is 0. The second-order valence-corrected chi connectivity index (χ2v) is 10.3. The van der Waals surface area contributed by atoms with E-state index in [2.05, 4.69) is 69.9 Å². The van der Waals surface area contributed by atoms with E-state index in [4.69, 9.17) is 4.74 Å². The molecule has 0 N–H and O–H groups in total. The van der Waals surface area contributed by atoms with E-state index in [0.29, 0.717) is 0 Å². The van der Waals surface area contributed by atoms with Gasteiger partial charge in [-0.15, -0.1) is 24.8 Å². The number of allylic oxidation sites excluding steroid dienone is 4. The molecule has 5 heteroatoms. The maximum absolute atomic E-state index is 5.81. The van der Waals surface area contributed by atoms with Crippen LogP contribution in [0.2, 0.25) is 13.1 Å². The zero-order chi connectivity index (χ0) is 13.2. The molecule has 0 saturated carbocycles. The average molecular weight is 364 g/mol. The average Bonchev–Trinajstić information content (AvgIpc) is 2.77. The monoisotopic (exact) mass is 363 g/mol. The third-order valence-electron chi connectivity index (χ3n) is 3.47. The van der Waals surface area contributed by atoms with Crippen LogP contribution in [-0.2, 0) is 20.4 Å². The minimum Gasteiger partial charge on any atom is -0.147 e. The van der Waals surface area contributed by atoms with Gasteiger partial charge in [-0.1, -0.05) is 0 Å². The number of hydrogen-bond donors (Lipinski definition) is 0. The molecule has 1 aliphatic rings. The van der Waals surface area contributed by atoms with E-state index in [9.17, 15) is 0 Å². The minimum atomic E-state index is -1.62. The quantitative estimate of drug-likeness (QED) is 0.730. The molecular weight excluding hydrogens is 343 g/mol. The van der Waals surface area contributed by atoms with Gasteiger partial charge in [0.15, 0.2) is 0 Å². The molecule has 1 aromatic carbocycles. The standard InChI is InChI=1S/C15H19OSi.2ClH.Ti/c1-4-16-14-11-7-8-12-15(14)17(2,3)13-9-5-6-10-13;;;/h5,7-9,11-12H,4,6H2,1-3H3;2*1H;. The Kier molecular flexibility index (Phi) is 8.46. The minimum absolute atomic E-state index is 0. The molecule has 0 amide bonds. The summed E-state index contributed by atoms with van der Waals surface area (Å²) in [6.45, 7) is 7.61. The maximum Gasteiger partial charge on any atom is -0.147 e. The Bertz CT molecular complexity index is 512. The third-order valence-corrected chi connectivity index (χ3v) is 8.17. The Hall–Kier alpha value is 0.0112. The van der Waals surface area contributed by atoms with Crippen LogP contribution in [0, 0.1) is 0 Å². The van der Waals surface area contributed by atoms with Gasteiger partial charge in [0.1, 0.15) is 0 Å². The van der Waals surface area contributed by atoms with Gasteiger partial charge in [0.25, 0.3) is 0 Å². The first-order chi connectivity index (χ1) is 8.57. The molecule has 0 unspecified atom stereocenters. The van der Waals surface area contributed by atoms with Crippen LogP contribution in [0.3, 0.4) is 0 Å². The number of ether oxygens (including phenoxy) is 1. The topological polar surface area (TPSA) is 9.23 Å². The summed E-state index contributed by atoms with van der Waals surface area (Å²) in [5.74, 6) is 1.07. The number of para-hydroxylation sites is 1. The summed E-state index contributed by atoms with van der Waals surface area (Å²) >= 11 is 2.26. The van der Waals surface area contributed by atoms with Crippen LogP contribution >= 0.6 is 24.8 Å². The molecule has 0 heterocycles. The van der Waals surface area contributed by atoms with Gasteiger partial charge in [-0.05, 0) is 0 Å². The molecule has 2 rings (SSSR count). The van der Waals surface area contributed by atoms with E-state index < -0.39 is 8.07 Å². The Morgan fingerprint density at radius 3 is 2.40 bits per heavy atom. The molecule has 0 fully saturated rings. The van der Waals surface area contributed by atoms with E-state index in [1.54, 1.807) is 5.20 Å². The zero-order valence-electron chi connectivity index (χ0n) is 12.1. The van der Waals surface area contributed by atoms with Gasteiger partial charge < -0.3 is 0 Å². The summed E-state index contributed by atoms with van der Waals surface area (Å²) in [5, 5.41) is 2.97. The van der Waals surface area contributed by atoms with Gasteiger partial charge in [0, 0.05) is 0 Å². The first-order valence-electron chi connectivity index (χ1n) is 6.41. The van der Waals surface area contributed by atoms with E-state index in [-0.39, 0.29) is 24.8 Å². The molecule has 109 valence electrons. The van der Waals surface area contributed by atoms with Crippen molar-refractivity contribution in [2.75, 3.05) is 6.61 Å². The summed E-state index contributed by atoms with van der Waals surface area (Å²) < 4.78 is 7.33. The number of benzene rings is 1. The van der Waals surface area contributed by atoms with E-state index in [1.165, 1.54) is 9.06 Å². The summed E-state index contributed by atoms with van der Waals surface area (Å²) in [7, 11) is -1.62. The predicted molar refractivity (Wildman–Crippen MR) is 90.0 cm³/mol. The van der Waals surface area contributed by atoms with Crippen molar-refractivity contribution < 1.29 is 25.2 Å². The van der Waals surface area contributed by atoms with Crippen molar-refractivity contribution in [3.63, 3.8) is 0 Å². The van der Waals surface area contributed by atoms with Crippen molar-refractivity contribution in [2.24, 2.45) is 0 Å². The molecule has 1 nitrogen and oxygen atoms in total. The van der Waals surface area contributed by atoms with Crippen molar-refractivity contribution >= 4 is 38.1 Å². The van der Waals surface area contributed by atoms with Gasteiger partial charge in [-0.2, -0.15) is 0 Å². The van der Waals surface area contributed by atoms with Gasteiger partial charge in [-0.3, -0.25) is 0 Å². The van der Waals surface area contributed by atoms with Crippen LogP contribution in [0.1, 0.15) is 13.3 Å². The van der Waals surface area contributed by atoms with Crippen LogP contribution in [-0.4, -0.2) is 14.7 Å². The third kappa shape index (κ3) is 4.02. The molecule has 0 aliphatic heterocycles. The number of hydrogen-bond acceptors (Lipinski definition) is 1. The van der Waals surface area contributed by atoms with E-state index in [0.717, 1.165) is 18.8 Å². The zero-order valence-corrected chi connectivity index (χ0v) is 16.3. The van der Waals surface area contributed by atoms with Crippen LogP contribution in [0.4, 0.5) is 0 Å². The molecule has 20 heavy (non-hydrogen) atoms. The number of rotatable bonds is 4. The van der Waals surface area contributed by atoms with Crippen molar-refractivity contribution in [1.29, 1.82) is 0 Å². The molecule has 0 radical (unpaired) electrons. The van der Waals surface area contributed by atoms with Gasteiger partial charge >= 0.3 is 123 Å². The number of halogens is 2. The maximum atomic E-state index is 5.81. The van der Waals surface area contributed by atoms with Crippen molar-refractivity contribution in [1.82, 2.24) is 0 Å². The fourth-order valence-corrected chi connectivity index (χ4v) is 7.24. The normalized spacial score (nSPS) is 13.7. The molecule has 0 bridgehead atoms. The predicted octanol–water partition coefficient (Wildman–Crippen LogP) is 4.14. The molecule has 0 saturated heterocycles. The Morgan fingerprint density at radius 2 is 1.85 bits per heavy atom. The van der Waals surface area contributed by atoms with Crippen molar-refractivity contribution in [3.05, 3.63) is 45.5 Å². The van der Waals surface area contributed by atoms with E-state index in [1.807, 2.05) is 6.92 Å². The first kappa shape index (κ1) is 20.0. The molecule has 0 aromatic heterocycles. The molecular formula is C15H21Cl2OSiTi. The van der Waals surface area contributed by atoms with Gasteiger partial charge in [0.05, 0.1) is 0 Å². The van der Waals surface area contributed by atoms with Gasteiger partial charge in [-0.25, -0.2) is 0 Å². The molecule has 0 spiro atoms. The Morgan fingerprint density at radius 1 is 1.20 bits per heavy atom. The second kappa shape index (κ2) is 8.45. The van der Waals surface area contributed by atoms with Crippen LogP contribution in [0.15, 0.2) is 45.5 Å². The first-order valence-corrected chi connectivity index (χ1v) is 10.2. The van der Waals surface area contributed by atoms with Crippen LogP contribution < -0.4 is 9.92 Å². The summed E-state index contributed by atoms with van der Waals surface area (Å²) in [6.07, 6.45) is 5.72. The van der Waals surface area contributed by atoms with Gasteiger partial charge in [0.2, 0.25) is 0 Å². The smallest absolute Gasteiger partial charge is 0.147 e. The molecule has 1 aromatic rings. The fourth-order valence-electron chi connectivity index (χ4n) is 2.50. The van der Waals surface area contributed by atoms with Crippen LogP contribution in [0.5, 0.6) is 5.75 Å². The van der Waals surface area contributed by atoms with Crippen LogP contribution in [0.25, 0.3) is 0 Å². The molecule has 0 atom stereocenters. The summed E-state index contributed by atoms with van der Waals surface area (Å²) in [5.41, 5.74) is 0. The second-order valence-electron chi connectivity index (χ2n) is 5.05. The molecule has 1 aliphatic carbocycles. The van der Waals surface area contributed by atoms with Crippen molar-refractivity contribution in [3.8, 4) is 5.75 Å².